The van der Waals surface area contributed by atoms with E-state index in [2.05, 4.69) is 6.58 Å². The van der Waals surface area contributed by atoms with Gasteiger partial charge in [-0.15, -0.1) is 0 Å². The van der Waals surface area contributed by atoms with Crippen molar-refractivity contribution in [3.05, 3.63) is 30.4 Å². The van der Waals surface area contributed by atoms with E-state index in [1.807, 2.05) is 0 Å². The van der Waals surface area contributed by atoms with Crippen molar-refractivity contribution in [1.82, 2.24) is 0 Å². The Morgan fingerprint density at radius 2 is 1.56 bits per heavy atom. The molecular weight excluding hydrogens is 208 g/mol. The SMILES string of the molecule is C=CC(=O)c1cc(OC)c(OC)cc1OC. The molecule has 0 heterocycles. The standard InChI is InChI=1S/C12H14O4/c1-5-9(13)8-6-11(15-3)12(16-4)7-10(8)14-2/h5-7H,1H2,2-4H3. The fourth-order valence-corrected chi connectivity index (χ4v) is 1.33. The summed E-state index contributed by atoms with van der Waals surface area (Å²) in [7, 11) is 4.51. The van der Waals surface area contributed by atoms with E-state index in [9.17, 15) is 4.79 Å². The molecule has 0 atom stereocenters. The van der Waals surface area contributed by atoms with Gasteiger partial charge in [0.25, 0.3) is 0 Å². The highest BCUT2D eigenvalue weighted by atomic mass is 16.5. The van der Waals surface area contributed by atoms with Crippen molar-refractivity contribution in [3.8, 4) is 17.2 Å². The quantitative estimate of drug-likeness (QED) is 0.565. The van der Waals surface area contributed by atoms with Gasteiger partial charge in [-0.2, -0.15) is 0 Å². The summed E-state index contributed by atoms with van der Waals surface area (Å²) in [5, 5.41) is 0. The fourth-order valence-electron chi connectivity index (χ4n) is 1.33. The highest BCUT2D eigenvalue weighted by Crippen LogP contribution is 2.34. The molecule has 0 aliphatic rings. The zero-order valence-corrected chi connectivity index (χ0v) is 9.57. The molecule has 1 rings (SSSR count). The van der Waals surface area contributed by atoms with E-state index in [-0.39, 0.29) is 5.78 Å². The van der Waals surface area contributed by atoms with Crippen LogP contribution in [0, 0.1) is 0 Å². The smallest absolute Gasteiger partial charge is 0.189 e. The number of carbonyl (C=O) groups is 1. The zero-order chi connectivity index (χ0) is 12.1. The van der Waals surface area contributed by atoms with Gasteiger partial charge in [-0.3, -0.25) is 4.79 Å². The molecule has 0 spiro atoms. The second kappa shape index (κ2) is 5.21. The van der Waals surface area contributed by atoms with Crippen LogP contribution in [0.15, 0.2) is 24.8 Å². The minimum atomic E-state index is -0.224. The Bertz CT molecular complexity index is 410. The van der Waals surface area contributed by atoms with Gasteiger partial charge < -0.3 is 14.2 Å². The first kappa shape index (κ1) is 12.1. The molecular formula is C12H14O4. The largest absolute Gasteiger partial charge is 0.496 e. The number of benzene rings is 1. The minimum absolute atomic E-state index is 0.224. The normalized spacial score (nSPS) is 9.44. The molecule has 0 saturated carbocycles. The molecule has 4 heteroatoms. The summed E-state index contributed by atoms with van der Waals surface area (Å²) >= 11 is 0. The van der Waals surface area contributed by atoms with E-state index in [0.29, 0.717) is 22.8 Å². The van der Waals surface area contributed by atoms with Gasteiger partial charge in [0, 0.05) is 6.07 Å². The van der Waals surface area contributed by atoms with Crippen LogP contribution in [-0.4, -0.2) is 27.1 Å². The van der Waals surface area contributed by atoms with Gasteiger partial charge in [-0.1, -0.05) is 6.58 Å². The van der Waals surface area contributed by atoms with E-state index in [4.69, 9.17) is 14.2 Å². The van der Waals surface area contributed by atoms with E-state index < -0.39 is 0 Å². The van der Waals surface area contributed by atoms with E-state index in [0.717, 1.165) is 0 Å². The summed E-state index contributed by atoms with van der Waals surface area (Å²) in [6, 6.07) is 3.18. The molecule has 0 aliphatic heterocycles. The summed E-state index contributed by atoms with van der Waals surface area (Å²) in [6.07, 6.45) is 1.23. The van der Waals surface area contributed by atoms with Crippen molar-refractivity contribution >= 4 is 5.78 Å². The topological polar surface area (TPSA) is 44.8 Å². The maximum Gasteiger partial charge on any atom is 0.189 e. The molecule has 0 bridgehead atoms. The van der Waals surface area contributed by atoms with Crippen LogP contribution in [-0.2, 0) is 0 Å². The van der Waals surface area contributed by atoms with Crippen LogP contribution in [0.1, 0.15) is 10.4 Å². The average Bonchev–Trinajstić information content (AvgIpc) is 2.35. The Balaban J connectivity index is 3.36. The number of rotatable bonds is 5. The summed E-state index contributed by atoms with van der Waals surface area (Å²) < 4.78 is 15.3. The third-order valence-electron chi connectivity index (χ3n) is 2.16. The van der Waals surface area contributed by atoms with Crippen LogP contribution >= 0.6 is 0 Å². The first-order chi connectivity index (χ1) is 7.67. The first-order valence-electron chi connectivity index (χ1n) is 4.64. The van der Waals surface area contributed by atoms with E-state index in [1.165, 1.54) is 27.4 Å². The van der Waals surface area contributed by atoms with Crippen LogP contribution < -0.4 is 14.2 Å². The molecule has 4 nitrogen and oxygen atoms in total. The second-order valence-corrected chi connectivity index (χ2v) is 2.98. The summed E-state index contributed by atoms with van der Waals surface area (Å²) in [5.41, 5.74) is 0.398. The van der Waals surface area contributed by atoms with Gasteiger partial charge in [0.15, 0.2) is 17.3 Å². The van der Waals surface area contributed by atoms with Crippen molar-refractivity contribution in [2.45, 2.75) is 0 Å². The molecule has 0 aromatic heterocycles. The fraction of sp³-hybridized carbons (Fsp3) is 0.250. The number of allylic oxidation sites excluding steroid dienone is 1. The number of hydrogen-bond donors (Lipinski definition) is 0. The van der Waals surface area contributed by atoms with Crippen LogP contribution in [0.5, 0.6) is 17.2 Å². The third-order valence-corrected chi connectivity index (χ3v) is 2.16. The Labute approximate surface area is 94.4 Å². The molecule has 0 N–H and O–H groups in total. The van der Waals surface area contributed by atoms with Gasteiger partial charge in [0.1, 0.15) is 5.75 Å². The lowest BCUT2D eigenvalue weighted by atomic mass is 10.1. The van der Waals surface area contributed by atoms with Crippen LogP contribution in [0.3, 0.4) is 0 Å². The van der Waals surface area contributed by atoms with Gasteiger partial charge in [-0.25, -0.2) is 0 Å². The molecule has 0 amide bonds. The Morgan fingerprint density at radius 1 is 1.06 bits per heavy atom. The van der Waals surface area contributed by atoms with Crippen LogP contribution in [0.2, 0.25) is 0 Å². The molecule has 0 radical (unpaired) electrons. The van der Waals surface area contributed by atoms with Gasteiger partial charge in [-0.05, 0) is 12.1 Å². The lowest BCUT2D eigenvalue weighted by Gasteiger charge is -2.12. The molecule has 86 valence electrons. The van der Waals surface area contributed by atoms with Crippen molar-refractivity contribution < 1.29 is 19.0 Å². The number of ether oxygens (including phenoxy) is 3. The number of methoxy groups -OCH3 is 3. The predicted octanol–water partition coefficient (Wildman–Crippen LogP) is 2.08. The van der Waals surface area contributed by atoms with Gasteiger partial charge in [0.05, 0.1) is 26.9 Å². The van der Waals surface area contributed by atoms with Crippen molar-refractivity contribution in [2.75, 3.05) is 21.3 Å². The zero-order valence-electron chi connectivity index (χ0n) is 9.57. The van der Waals surface area contributed by atoms with Crippen molar-refractivity contribution in [2.24, 2.45) is 0 Å². The van der Waals surface area contributed by atoms with E-state index >= 15 is 0 Å². The number of hydrogen-bond acceptors (Lipinski definition) is 4. The third kappa shape index (κ3) is 2.16. The van der Waals surface area contributed by atoms with Crippen molar-refractivity contribution in [3.63, 3.8) is 0 Å². The summed E-state index contributed by atoms with van der Waals surface area (Å²) in [6.45, 7) is 3.43. The molecule has 0 saturated heterocycles. The lowest BCUT2D eigenvalue weighted by Crippen LogP contribution is -2.01. The van der Waals surface area contributed by atoms with Crippen molar-refractivity contribution in [1.29, 1.82) is 0 Å². The summed E-state index contributed by atoms with van der Waals surface area (Å²) in [5.74, 6) is 1.20. The highest BCUT2D eigenvalue weighted by molar-refractivity contribution is 6.06. The monoisotopic (exact) mass is 222 g/mol. The van der Waals surface area contributed by atoms with Crippen LogP contribution in [0.25, 0.3) is 0 Å². The Hall–Kier alpha value is -1.97. The molecule has 0 unspecified atom stereocenters. The second-order valence-electron chi connectivity index (χ2n) is 2.98. The number of ketones is 1. The predicted molar refractivity (Wildman–Crippen MR) is 60.6 cm³/mol. The van der Waals surface area contributed by atoms with E-state index in [1.54, 1.807) is 12.1 Å². The number of carbonyl (C=O) groups excluding carboxylic acids is 1. The Kier molecular flexibility index (Phi) is 3.94. The van der Waals surface area contributed by atoms with Crippen LogP contribution in [0.4, 0.5) is 0 Å². The lowest BCUT2D eigenvalue weighted by molar-refractivity contribution is 0.104. The maximum absolute atomic E-state index is 11.6. The first-order valence-corrected chi connectivity index (χ1v) is 4.64. The average molecular weight is 222 g/mol. The molecule has 0 aliphatic carbocycles. The summed E-state index contributed by atoms with van der Waals surface area (Å²) in [4.78, 5) is 11.6. The molecule has 16 heavy (non-hydrogen) atoms. The molecule has 0 fully saturated rings. The molecule has 1 aromatic carbocycles. The van der Waals surface area contributed by atoms with Gasteiger partial charge in [0.2, 0.25) is 0 Å². The van der Waals surface area contributed by atoms with Gasteiger partial charge >= 0.3 is 0 Å². The minimum Gasteiger partial charge on any atom is -0.496 e. The maximum atomic E-state index is 11.6. The Morgan fingerprint density at radius 3 is 2.00 bits per heavy atom. The molecule has 1 aromatic rings. The highest BCUT2D eigenvalue weighted by Gasteiger charge is 2.15.